The van der Waals surface area contributed by atoms with E-state index in [0.29, 0.717) is 38.1 Å². The molecule has 3 aromatic rings. The van der Waals surface area contributed by atoms with E-state index in [2.05, 4.69) is 0 Å². The fourth-order valence-corrected chi connectivity index (χ4v) is 3.93. The Labute approximate surface area is 189 Å². The van der Waals surface area contributed by atoms with E-state index in [0.717, 1.165) is 5.56 Å². The molecule has 1 aliphatic rings. The molecule has 4 rings (SSSR count). The maximum absolute atomic E-state index is 13.4. The van der Waals surface area contributed by atoms with Gasteiger partial charge in [-0.15, -0.1) is 0 Å². The molecule has 3 aromatic carbocycles. The third-order valence-electron chi connectivity index (χ3n) is 4.96. The van der Waals surface area contributed by atoms with Gasteiger partial charge < -0.3 is 0 Å². The van der Waals surface area contributed by atoms with Gasteiger partial charge >= 0.3 is 0 Å². The van der Waals surface area contributed by atoms with Gasteiger partial charge in [-0.05, 0) is 54.0 Å². The van der Waals surface area contributed by atoms with Crippen molar-refractivity contribution in [1.29, 1.82) is 0 Å². The maximum atomic E-state index is 13.4. The van der Waals surface area contributed by atoms with Crippen LogP contribution in [0.15, 0.2) is 78.4 Å². The molecule has 0 fully saturated rings. The second-order valence-electron chi connectivity index (χ2n) is 7.03. The number of nitrogens with zero attached hydrogens (tertiary/aromatic N) is 2. The van der Waals surface area contributed by atoms with Crippen molar-refractivity contribution in [3.63, 3.8) is 0 Å². The maximum Gasteiger partial charge on any atom is 0.269 e. The molecule has 0 aromatic heterocycles. The van der Waals surface area contributed by atoms with Gasteiger partial charge in [-0.25, -0.2) is 0 Å². The number of hydrogen-bond donors (Lipinski definition) is 0. The Balaban J connectivity index is 1.85. The van der Waals surface area contributed by atoms with Gasteiger partial charge in [-0.2, -0.15) is 0 Å². The highest BCUT2D eigenvalue weighted by Crippen LogP contribution is 2.38. The quantitative estimate of drug-likeness (QED) is 0.253. The molecule has 154 valence electrons. The SMILES string of the molecule is Cc1cc([N+](=O)[O-])ccc1N1C(=O)/C(=C/c2ccc(Cl)cc2Cl)C=C1c1ccccc1. The summed E-state index contributed by atoms with van der Waals surface area (Å²) >= 11 is 12.3. The smallest absolute Gasteiger partial charge is 0.269 e. The van der Waals surface area contributed by atoms with Crippen LogP contribution in [-0.2, 0) is 4.79 Å². The summed E-state index contributed by atoms with van der Waals surface area (Å²) in [6, 6.07) is 19.0. The molecular weight excluding hydrogens is 435 g/mol. The molecule has 0 saturated heterocycles. The Morgan fingerprint density at radius 2 is 1.74 bits per heavy atom. The number of amides is 1. The molecule has 5 nitrogen and oxygen atoms in total. The van der Waals surface area contributed by atoms with Crippen LogP contribution in [0.1, 0.15) is 16.7 Å². The Bertz CT molecular complexity index is 1270. The average Bonchev–Trinajstić information content (AvgIpc) is 3.06. The lowest BCUT2D eigenvalue weighted by Gasteiger charge is -2.22. The Morgan fingerprint density at radius 1 is 1.00 bits per heavy atom. The zero-order valence-corrected chi connectivity index (χ0v) is 17.9. The van der Waals surface area contributed by atoms with Crippen molar-refractivity contribution >= 4 is 52.3 Å². The van der Waals surface area contributed by atoms with E-state index in [1.807, 2.05) is 30.3 Å². The standard InChI is InChI=1S/C24H16Cl2N2O3/c1-15-11-20(28(30)31)9-10-22(15)27-23(16-5-3-2-4-6-16)13-18(24(27)29)12-17-7-8-19(25)14-21(17)26/h2-14H,1H3/b18-12+. The Morgan fingerprint density at radius 3 is 2.39 bits per heavy atom. The summed E-state index contributed by atoms with van der Waals surface area (Å²) in [6.07, 6.45) is 3.51. The minimum atomic E-state index is -0.454. The molecule has 0 spiro atoms. The predicted molar refractivity (Wildman–Crippen MR) is 124 cm³/mol. The van der Waals surface area contributed by atoms with Crippen LogP contribution in [0.2, 0.25) is 10.0 Å². The number of carbonyl (C=O) groups is 1. The zero-order valence-electron chi connectivity index (χ0n) is 16.4. The number of hydrogen-bond acceptors (Lipinski definition) is 3. The van der Waals surface area contributed by atoms with E-state index in [1.165, 1.54) is 12.1 Å². The lowest BCUT2D eigenvalue weighted by atomic mass is 10.1. The van der Waals surface area contributed by atoms with Crippen molar-refractivity contribution in [1.82, 2.24) is 0 Å². The summed E-state index contributed by atoms with van der Waals surface area (Å²) < 4.78 is 0. The van der Waals surface area contributed by atoms with Crippen molar-refractivity contribution in [2.45, 2.75) is 6.92 Å². The number of carbonyl (C=O) groups excluding carboxylic acids is 1. The van der Waals surface area contributed by atoms with E-state index >= 15 is 0 Å². The van der Waals surface area contributed by atoms with Gasteiger partial charge in [0.15, 0.2) is 0 Å². The molecule has 0 radical (unpaired) electrons. The summed E-state index contributed by atoms with van der Waals surface area (Å²) in [6.45, 7) is 1.75. The van der Waals surface area contributed by atoms with E-state index in [1.54, 1.807) is 48.2 Å². The lowest BCUT2D eigenvalue weighted by molar-refractivity contribution is -0.384. The molecular formula is C24H16Cl2N2O3. The topological polar surface area (TPSA) is 63.5 Å². The van der Waals surface area contributed by atoms with Crippen molar-refractivity contribution in [3.05, 3.63) is 115 Å². The van der Waals surface area contributed by atoms with Crippen LogP contribution in [0.5, 0.6) is 0 Å². The second kappa shape index (κ2) is 8.38. The predicted octanol–water partition coefficient (Wildman–Crippen LogP) is 6.68. The van der Waals surface area contributed by atoms with Gasteiger partial charge in [0.2, 0.25) is 0 Å². The molecule has 1 aliphatic heterocycles. The molecule has 31 heavy (non-hydrogen) atoms. The summed E-state index contributed by atoms with van der Waals surface area (Å²) in [5.41, 5.74) is 3.81. The molecule has 1 heterocycles. The first kappa shape index (κ1) is 20.8. The van der Waals surface area contributed by atoms with Gasteiger partial charge in [-0.3, -0.25) is 19.8 Å². The van der Waals surface area contributed by atoms with E-state index in [9.17, 15) is 14.9 Å². The van der Waals surface area contributed by atoms with Crippen LogP contribution in [0.3, 0.4) is 0 Å². The number of halogens is 2. The summed E-state index contributed by atoms with van der Waals surface area (Å²) in [5.74, 6) is -0.248. The van der Waals surface area contributed by atoms with E-state index in [4.69, 9.17) is 23.2 Å². The van der Waals surface area contributed by atoms with E-state index in [-0.39, 0.29) is 11.6 Å². The summed E-state index contributed by atoms with van der Waals surface area (Å²) in [4.78, 5) is 25.7. The molecule has 7 heteroatoms. The average molecular weight is 451 g/mol. The molecule has 0 saturated carbocycles. The van der Waals surface area contributed by atoms with Gasteiger partial charge in [0.25, 0.3) is 11.6 Å². The number of nitro groups is 1. The van der Waals surface area contributed by atoms with Gasteiger partial charge in [-0.1, -0.05) is 59.6 Å². The van der Waals surface area contributed by atoms with Crippen LogP contribution >= 0.6 is 23.2 Å². The van der Waals surface area contributed by atoms with Crippen LogP contribution in [0.4, 0.5) is 11.4 Å². The highest BCUT2D eigenvalue weighted by molar-refractivity contribution is 6.35. The molecule has 0 bridgehead atoms. The number of rotatable bonds is 4. The van der Waals surface area contributed by atoms with Crippen LogP contribution in [0, 0.1) is 17.0 Å². The zero-order chi connectivity index (χ0) is 22.1. The Kier molecular flexibility index (Phi) is 5.63. The number of aryl methyl sites for hydroxylation is 1. The normalized spacial score (nSPS) is 14.8. The van der Waals surface area contributed by atoms with Crippen molar-refractivity contribution in [3.8, 4) is 0 Å². The van der Waals surface area contributed by atoms with Gasteiger partial charge in [0.1, 0.15) is 0 Å². The van der Waals surface area contributed by atoms with Crippen LogP contribution in [-0.4, -0.2) is 10.8 Å². The summed E-state index contributed by atoms with van der Waals surface area (Å²) in [7, 11) is 0. The third kappa shape index (κ3) is 4.10. The number of non-ortho nitro benzene ring substituents is 1. The highest BCUT2D eigenvalue weighted by atomic mass is 35.5. The summed E-state index contributed by atoms with van der Waals surface area (Å²) in [5, 5.41) is 12.1. The lowest BCUT2D eigenvalue weighted by Crippen LogP contribution is -2.25. The number of nitro benzene ring substituents is 1. The fourth-order valence-electron chi connectivity index (χ4n) is 3.47. The van der Waals surface area contributed by atoms with Crippen LogP contribution in [0.25, 0.3) is 11.8 Å². The number of anilines is 1. The fraction of sp³-hybridized carbons (Fsp3) is 0.0417. The van der Waals surface area contributed by atoms with Crippen molar-refractivity contribution < 1.29 is 9.72 Å². The van der Waals surface area contributed by atoms with Gasteiger partial charge in [0, 0.05) is 27.8 Å². The third-order valence-corrected chi connectivity index (χ3v) is 5.52. The first-order chi connectivity index (χ1) is 14.8. The van der Waals surface area contributed by atoms with Crippen LogP contribution < -0.4 is 4.90 Å². The minimum absolute atomic E-state index is 0.0261. The molecule has 0 unspecified atom stereocenters. The van der Waals surface area contributed by atoms with Gasteiger partial charge in [0.05, 0.1) is 16.3 Å². The minimum Gasteiger partial charge on any atom is -0.276 e. The molecule has 1 amide bonds. The highest BCUT2D eigenvalue weighted by Gasteiger charge is 2.31. The Hall–Kier alpha value is -3.41. The van der Waals surface area contributed by atoms with E-state index < -0.39 is 4.92 Å². The van der Waals surface area contributed by atoms with Crippen molar-refractivity contribution in [2.24, 2.45) is 0 Å². The monoisotopic (exact) mass is 450 g/mol. The largest absolute Gasteiger partial charge is 0.276 e. The molecule has 0 aliphatic carbocycles. The first-order valence-corrected chi connectivity index (χ1v) is 10.1. The second-order valence-corrected chi connectivity index (χ2v) is 7.87. The first-order valence-electron chi connectivity index (χ1n) is 9.38. The van der Waals surface area contributed by atoms with Crippen molar-refractivity contribution in [2.75, 3.05) is 4.90 Å². The molecule has 0 atom stereocenters. The number of benzene rings is 3. The molecule has 0 N–H and O–H groups in total.